The molecule has 0 saturated carbocycles. The SMILES string of the molecule is CCc1ccc(CCC(=O)Nc2cc(OC)ccc2OC)cc1. The molecule has 0 radical (unpaired) electrons. The number of methoxy groups -OCH3 is 2. The van der Waals surface area contributed by atoms with Crippen molar-refractivity contribution in [2.45, 2.75) is 26.2 Å². The molecule has 122 valence electrons. The number of hydrogen-bond donors (Lipinski definition) is 1. The third-order valence-corrected chi connectivity index (χ3v) is 3.75. The number of aryl methyl sites for hydroxylation is 2. The van der Waals surface area contributed by atoms with Crippen molar-refractivity contribution < 1.29 is 14.3 Å². The minimum absolute atomic E-state index is 0.0453. The van der Waals surface area contributed by atoms with Gasteiger partial charge in [0.15, 0.2) is 0 Å². The zero-order valence-electron chi connectivity index (χ0n) is 13.9. The Morgan fingerprint density at radius 2 is 1.70 bits per heavy atom. The second-order valence-corrected chi connectivity index (χ2v) is 5.28. The van der Waals surface area contributed by atoms with Crippen molar-refractivity contribution in [1.82, 2.24) is 0 Å². The summed E-state index contributed by atoms with van der Waals surface area (Å²) in [6.07, 6.45) is 2.16. The summed E-state index contributed by atoms with van der Waals surface area (Å²) in [5.74, 6) is 1.25. The smallest absolute Gasteiger partial charge is 0.224 e. The fourth-order valence-electron chi connectivity index (χ4n) is 2.32. The van der Waals surface area contributed by atoms with Crippen LogP contribution in [-0.2, 0) is 17.6 Å². The van der Waals surface area contributed by atoms with E-state index >= 15 is 0 Å². The third-order valence-electron chi connectivity index (χ3n) is 3.75. The predicted octanol–water partition coefficient (Wildman–Crippen LogP) is 3.84. The Balaban J connectivity index is 1.96. The molecule has 0 spiro atoms. The molecule has 0 aromatic heterocycles. The number of anilines is 1. The Kier molecular flexibility index (Phi) is 6.03. The zero-order valence-corrected chi connectivity index (χ0v) is 13.9. The third kappa shape index (κ3) is 4.74. The Labute approximate surface area is 137 Å². The molecule has 2 aromatic carbocycles. The number of amides is 1. The summed E-state index contributed by atoms with van der Waals surface area (Å²) in [7, 11) is 3.17. The molecule has 0 unspecified atom stereocenters. The van der Waals surface area contributed by atoms with E-state index in [9.17, 15) is 4.79 Å². The summed E-state index contributed by atoms with van der Waals surface area (Å²) in [6.45, 7) is 2.13. The van der Waals surface area contributed by atoms with Crippen LogP contribution in [-0.4, -0.2) is 20.1 Å². The van der Waals surface area contributed by atoms with Gasteiger partial charge in [-0.3, -0.25) is 4.79 Å². The van der Waals surface area contributed by atoms with Gasteiger partial charge in [-0.25, -0.2) is 0 Å². The molecule has 0 heterocycles. The lowest BCUT2D eigenvalue weighted by molar-refractivity contribution is -0.116. The van der Waals surface area contributed by atoms with E-state index in [2.05, 4.69) is 36.5 Å². The minimum Gasteiger partial charge on any atom is -0.497 e. The van der Waals surface area contributed by atoms with Gasteiger partial charge in [0, 0.05) is 12.5 Å². The molecule has 0 fully saturated rings. The van der Waals surface area contributed by atoms with Crippen molar-refractivity contribution in [1.29, 1.82) is 0 Å². The standard InChI is InChI=1S/C19H23NO3/c1-4-14-5-7-15(8-6-14)9-12-19(21)20-17-13-16(22-2)10-11-18(17)23-3/h5-8,10-11,13H,4,9,12H2,1-3H3,(H,20,21). The highest BCUT2D eigenvalue weighted by Gasteiger charge is 2.09. The monoisotopic (exact) mass is 313 g/mol. The number of rotatable bonds is 7. The number of benzene rings is 2. The first-order valence-electron chi connectivity index (χ1n) is 7.76. The molecular formula is C19H23NO3. The number of ether oxygens (including phenoxy) is 2. The van der Waals surface area contributed by atoms with Crippen molar-refractivity contribution in [2.24, 2.45) is 0 Å². The normalized spacial score (nSPS) is 10.2. The van der Waals surface area contributed by atoms with Gasteiger partial charge in [0.2, 0.25) is 5.91 Å². The van der Waals surface area contributed by atoms with Crippen molar-refractivity contribution in [2.75, 3.05) is 19.5 Å². The lowest BCUT2D eigenvalue weighted by Gasteiger charge is -2.11. The van der Waals surface area contributed by atoms with Crippen molar-refractivity contribution in [3.63, 3.8) is 0 Å². The van der Waals surface area contributed by atoms with E-state index in [1.54, 1.807) is 32.4 Å². The van der Waals surface area contributed by atoms with Gasteiger partial charge in [0.05, 0.1) is 19.9 Å². The van der Waals surface area contributed by atoms with Crippen LogP contribution in [0.4, 0.5) is 5.69 Å². The molecule has 0 saturated heterocycles. The minimum atomic E-state index is -0.0453. The van der Waals surface area contributed by atoms with Crippen LogP contribution < -0.4 is 14.8 Å². The van der Waals surface area contributed by atoms with Crippen LogP contribution in [0, 0.1) is 0 Å². The average Bonchev–Trinajstić information content (AvgIpc) is 2.60. The van der Waals surface area contributed by atoms with Gasteiger partial charge in [0.25, 0.3) is 0 Å². The van der Waals surface area contributed by atoms with E-state index in [0.29, 0.717) is 30.0 Å². The molecule has 1 N–H and O–H groups in total. The van der Waals surface area contributed by atoms with Gasteiger partial charge in [-0.1, -0.05) is 31.2 Å². The maximum atomic E-state index is 12.2. The molecule has 0 atom stereocenters. The number of carbonyl (C=O) groups excluding carboxylic acids is 1. The zero-order chi connectivity index (χ0) is 16.7. The van der Waals surface area contributed by atoms with Crippen molar-refractivity contribution in [3.05, 3.63) is 53.6 Å². The quantitative estimate of drug-likeness (QED) is 0.845. The lowest BCUT2D eigenvalue weighted by Crippen LogP contribution is -2.13. The van der Waals surface area contributed by atoms with Crippen molar-refractivity contribution in [3.8, 4) is 11.5 Å². The predicted molar refractivity (Wildman–Crippen MR) is 92.3 cm³/mol. The first kappa shape index (κ1) is 16.9. The van der Waals surface area contributed by atoms with E-state index in [0.717, 1.165) is 12.0 Å². The molecule has 0 bridgehead atoms. The molecule has 0 aliphatic rings. The molecule has 2 aromatic rings. The summed E-state index contributed by atoms with van der Waals surface area (Å²) in [5, 5.41) is 2.89. The van der Waals surface area contributed by atoms with Crippen LogP contribution in [0.15, 0.2) is 42.5 Å². The van der Waals surface area contributed by atoms with Crippen LogP contribution in [0.25, 0.3) is 0 Å². The highest BCUT2D eigenvalue weighted by molar-refractivity contribution is 5.92. The first-order valence-corrected chi connectivity index (χ1v) is 7.76. The lowest BCUT2D eigenvalue weighted by atomic mass is 10.1. The topological polar surface area (TPSA) is 47.6 Å². The molecule has 0 aliphatic carbocycles. The molecule has 2 rings (SSSR count). The van der Waals surface area contributed by atoms with Crippen molar-refractivity contribution >= 4 is 11.6 Å². The highest BCUT2D eigenvalue weighted by atomic mass is 16.5. The van der Waals surface area contributed by atoms with E-state index in [-0.39, 0.29) is 5.91 Å². The summed E-state index contributed by atoms with van der Waals surface area (Å²) < 4.78 is 10.4. The number of hydrogen-bond acceptors (Lipinski definition) is 3. The Morgan fingerprint density at radius 3 is 2.30 bits per heavy atom. The molecule has 0 aliphatic heterocycles. The van der Waals surface area contributed by atoms with Crippen LogP contribution in [0.3, 0.4) is 0 Å². The van der Waals surface area contributed by atoms with E-state index in [4.69, 9.17) is 9.47 Å². The fraction of sp³-hybridized carbons (Fsp3) is 0.316. The Morgan fingerprint density at radius 1 is 1.00 bits per heavy atom. The summed E-state index contributed by atoms with van der Waals surface area (Å²) >= 11 is 0. The molecule has 23 heavy (non-hydrogen) atoms. The van der Waals surface area contributed by atoms with Crippen LogP contribution in [0.1, 0.15) is 24.5 Å². The highest BCUT2D eigenvalue weighted by Crippen LogP contribution is 2.29. The van der Waals surface area contributed by atoms with Gasteiger partial charge in [0.1, 0.15) is 11.5 Å². The summed E-state index contributed by atoms with van der Waals surface area (Å²) in [5.41, 5.74) is 3.09. The molecule has 4 heteroatoms. The molecular weight excluding hydrogens is 290 g/mol. The van der Waals surface area contributed by atoms with Crippen LogP contribution >= 0.6 is 0 Å². The van der Waals surface area contributed by atoms with Gasteiger partial charge in [-0.2, -0.15) is 0 Å². The van der Waals surface area contributed by atoms with Gasteiger partial charge in [-0.05, 0) is 36.1 Å². The van der Waals surface area contributed by atoms with E-state index in [1.165, 1.54) is 5.56 Å². The maximum absolute atomic E-state index is 12.2. The second kappa shape index (κ2) is 8.22. The largest absolute Gasteiger partial charge is 0.497 e. The number of nitrogens with one attached hydrogen (secondary N) is 1. The van der Waals surface area contributed by atoms with Gasteiger partial charge in [-0.15, -0.1) is 0 Å². The summed E-state index contributed by atoms with van der Waals surface area (Å²) in [6, 6.07) is 13.7. The fourth-order valence-corrected chi connectivity index (χ4v) is 2.32. The Hall–Kier alpha value is -2.49. The second-order valence-electron chi connectivity index (χ2n) is 5.28. The first-order chi connectivity index (χ1) is 11.2. The number of carbonyl (C=O) groups is 1. The van der Waals surface area contributed by atoms with Crippen LogP contribution in [0.2, 0.25) is 0 Å². The molecule has 1 amide bonds. The van der Waals surface area contributed by atoms with Gasteiger partial charge < -0.3 is 14.8 Å². The molecule has 4 nitrogen and oxygen atoms in total. The van der Waals surface area contributed by atoms with Gasteiger partial charge >= 0.3 is 0 Å². The average molecular weight is 313 g/mol. The van der Waals surface area contributed by atoms with E-state index < -0.39 is 0 Å². The summed E-state index contributed by atoms with van der Waals surface area (Å²) in [4.78, 5) is 12.2. The van der Waals surface area contributed by atoms with Crippen LogP contribution in [0.5, 0.6) is 11.5 Å². The Bertz CT molecular complexity index is 650. The van der Waals surface area contributed by atoms with E-state index in [1.807, 2.05) is 0 Å². The maximum Gasteiger partial charge on any atom is 0.224 e.